The quantitative estimate of drug-likeness (QED) is 0.773. The summed E-state index contributed by atoms with van der Waals surface area (Å²) in [5.41, 5.74) is 1.56. The number of hydrogen-bond acceptors (Lipinski definition) is 6. The molecule has 0 radical (unpaired) electrons. The third-order valence-corrected chi connectivity index (χ3v) is 5.05. The predicted molar refractivity (Wildman–Crippen MR) is 103 cm³/mol. The first-order valence-electron chi connectivity index (χ1n) is 9.28. The van der Waals surface area contributed by atoms with Gasteiger partial charge in [0.25, 0.3) is 0 Å². The Bertz CT molecular complexity index is 802. The van der Waals surface area contributed by atoms with Gasteiger partial charge in [0.05, 0.1) is 18.4 Å². The Morgan fingerprint density at radius 3 is 2.52 bits per heavy atom. The van der Waals surface area contributed by atoms with Crippen LogP contribution in [0, 0.1) is 0 Å². The lowest BCUT2D eigenvalue weighted by Crippen LogP contribution is -2.51. The van der Waals surface area contributed by atoms with Crippen molar-refractivity contribution in [3.05, 3.63) is 54.1 Å². The van der Waals surface area contributed by atoms with E-state index in [1.807, 2.05) is 48.5 Å². The molecule has 1 atom stereocenters. The van der Waals surface area contributed by atoms with Crippen molar-refractivity contribution in [2.45, 2.75) is 6.10 Å². The van der Waals surface area contributed by atoms with Crippen LogP contribution in [0.5, 0.6) is 11.5 Å². The maximum absolute atomic E-state index is 12.0. The number of esters is 1. The number of fused-ring (bicyclic) bond motifs is 1. The molecule has 2 aliphatic rings. The van der Waals surface area contributed by atoms with Gasteiger partial charge in [0.1, 0.15) is 12.7 Å². The van der Waals surface area contributed by atoms with E-state index in [1.165, 1.54) is 7.11 Å². The van der Waals surface area contributed by atoms with Crippen molar-refractivity contribution >= 4 is 11.7 Å². The molecule has 1 saturated heterocycles. The number of carbonyl (C=O) groups is 1. The number of para-hydroxylation sites is 3. The summed E-state index contributed by atoms with van der Waals surface area (Å²) in [5.74, 6) is 1.34. The molecule has 1 fully saturated rings. The standard InChI is InChI=1S/C21H24N2O4/c1-25-21(24)17-6-2-3-7-18(17)23-12-10-22(11-13-23)14-16-15-26-19-8-4-5-9-20(19)27-16/h2-9,16H,10-15H2,1H3. The molecule has 2 aromatic carbocycles. The van der Waals surface area contributed by atoms with Crippen LogP contribution in [0.1, 0.15) is 10.4 Å². The fourth-order valence-electron chi connectivity index (χ4n) is 3.64. The van der Waals surface area contributed by atoms with Gasteiger partial charge < -0.3 is 19.1 Å². The highest BCUT2D eigenvalue weighted by Crippen LogP contribution is 2.31. The van der Waals surface area contributed by atoms with Crippen molar-refractivity contribution in [1.29, 1.82) is 0 Å². The summed E-state index contributed by atoms with van der Waals surface area (Å²) >= 11 is 0. The van der Waals surface area contributed by atoms with E-state index in [0.29, 0.717) is 12.2 Å². The number of benzene rings is 2. The minimum Gasteiger partial charge on any atom is -0.486 e. The monoisotopic (exact) mass is 368 g/mol. The van der Waals surface area contributed by atoms with Crippen LogP contribution in [-0.4, -0.2) is 63.4 Å². The van der Waals surface area contributed by atoms with Gasteiger partial charge in [-0.05, 0) is 24.3 Å². The van der Waals surface area contributed by atoms with E-state index in [0.717, 1.165) is 49.9 Å². The van der Waals surface area contributed by atoms with Gasteiger partial charge in [-0.3, -0.25) is 4.90 Å². The zero-order valence-corrected chi connectivity index (χ0v) is 15.5. The third-order valence-electron chi connectivity index (χ3n) is 5.05. The van der Waals surface area contributed by atoms with E-state index in [-0.39, 0.29) is 12.1 Å². The number of carbonyl (C=O) groups excluding carboxylic acids is 1. The first-order valence-corrected chi connectivity index (χ1v) is 9.28. The lowest BCUT2D eigenvalue weighted by molar-refractivity contribution is 0.0569. The van der Waals surface area contributed by atoms with E-state index in [2.05, 4.69) is 9.80 Å². The number of ether oxygens (including phenoxy) is 3. The van der Waals surface area contributed by atoms with Gasteiger partial charge in [0.15, 0.2) is 11.5 Å². The SMILES string of the molecule is COC(=O)c1ccccc1N1CCN(CC2COc3ccccc3O2)CC1. The van der Waals surface area contributed by atoms with E-state index < -0.39 is 0 Å². The molecule has 0 spiro atoms. The van der Waals surface area contributed by atoms with Crippen molar-refractivity contribution in [3.63, 3.8) is 0 Å². The van der Waals surface area contributed by atoms with Crippen LogP contribution in [0.25, 0.3) is 0 Å². The van der Waals surface area contributed by atoms with E-state index >= 15 is 0 Å². The molecule has 0 N–H and O–H groups in total. The molecule has 6 nitrogen and oxygen atoms in total. The summed E-state index contributed by atoms with van der Waals surface area (Å²) in [4.78, 5) is 16.6. The van der Waals surface area contributed by atoms with Crippen molar-refractivity contribution in [1.82, 2.24) is 4.90 Å². The van der Waals surface area contributed by atoms with Gasteiger partial charge in [0, 0.05) is 32.7 Å². The minimum atomic E-state index is -0.292. The molecule has 0 aromatic heterocycles. The lowest BCUT2D eigenvalue weighted by Gasteiger charge is -2.38. The van der Waals surface area contributed by atoms with Crippen LogP contribution in [0.15, 0.2) is 48.5 Å². The van der Waals surface area contributed by atoms with Crippen LogP contribution in [-0.2, 0) is 4.74 Å². The smallest absolute Gasteiger partial charge is 0.339 e. The number of piperazine rings is 1. The second-order valence-corrected chi connectivity index (χ2v) is 6.79. The number of rotatable bonds is 4. The van der Waals surface area contributed by atoms with Gasteiger partial charge in [-0.15, -0.1) is 0 Å². The molecule has 2 heterocycles. The Morgan fingerprint density at radius 1 is 1.04 bits per heavy atom. The second-order valence-electron chi connectivity index (χ2n) is 6.79. The molecule has 2 aliphatic heterocycles. The van der Waals surface area contributed by atoms with Crippen molar-refractivity contribution in [2.24, 2.45) is 0 Å². The van der Waals surface area contributed by atoms with Crippen LogP contribution in [0.2, 0.25) is 0 Å². The zero-order chi connectivity index (χ0) is 18.6. The Balaban J connectivity index is 1.34. The average Bonchev–Trinajstić information content (AvgIpc) is 2.74. The predicted octanol–water partition coefficient (Wildman–Crippen LogP) is 2.44. The molecule has 0 aliphatic carbocycles. The average molecular weight is 368 g/mol. The molecule has 0 bridgehead atoms. The summed E-state index contributed by atoms with van der Waals surface area (Å²) in [6, 6.07) is 15.4. The second kappa shape index (κ2) is 7.88. The van der Waals surface area contributed by atoms with Crippen LogP contribution in [0.3, 0.4) is 0 Å². The Kier molecular flexibility index (Phi) is 5.16. The van der Waals surface area contributed by atoms with Crippen molar-refractivity contribution in [3.8, 4) is 11.5 Å². The lowest BCUT2D eigenvalue weighted by atomic mass is 10.1. The fourth-order valence-corrected chi connectivity index (χ4v) is 3.64. The molecule has 2 aromatic rings. The number of nitrogens with zero attached hydrogens (tertiary/aromatic N) is 2. The van der Waals surface area contributed by atoms with Gasteiger partial charge in [-0.25, -0.2) is 4.79 Å². The van der Waals surface area contributed by atoms with E-state index in [9.17, 15) is 4.79 Å². The topological polar surface area (TPSA) is 51.2 Å². The van der Waals surface area contributed by atoms with Crippen molar-refractivity contribution in [2.75, 3.05) is 51.3 Å². The molecule has 0 saturated carbocycles. The summed E-state index contributed by atoms with van der Waals surface area (Å²) in [6.45, 7) is 4.95. The Morgan fingerprint density at radius 2 is 1.74 bits per heavy atom. The highest BCUT2D eigenvalue weighted by Gasteiger charge is 2.26. The maximum Gasteiger partial charge on any atom is 0.339 e. The third kappa shape index (κ3) is 3.85. The number of anilines is 1. The molecule has 142 valence electrons. The van der Waals surface area contributed by atoms with E-state index in [4.69, 9.17) is 14.2 Å². The van der Waals surface area contributed by atoms with Crippen LogP contribution in [0.4, 0.5) is 5.69 Å². The fraction of sp³-hybridized carbons (Fsp3) is 0.381. The largest absolute Gasteiger partial charge is 0.486 e. The molecule has 6 heteroatoms. The van der Waals surface area contributed by atoms with Crippen LogP contribution >= 0.6 is 0 Å². The highest BCUT2D eigenvalue weighted by molar-refractivity contribution is 5.95. The van der Waals surface area contributed by atoms with Gasteiger partial charge in [-0.1, -0.05) is 24.3 Å². The molecule has 0 amide bonds. The van der Waals surface area contributed by atoms with E-state index in [1.54, 1.807) is 0 Å². The summed E-state index contributed by atoms with van der Waals surface area (Å²) in [6.07, 6.45) is 0.0359. The molecule has 1 unspecified atom stereocenters. The van der Waals surface area contributed by atoms with Gasteiger partial charge in [0.2, 0.25) is 0 Å². The molecule has 4 rings (SSSR count). The first kappa shape index (κ1) is 17.7. The van der Waals surface area contributed by atoms with Gasteiger partial charge >= 0.3 is 5.97 Å². The minimum absolute atomic E-state index is 0.0359. The van der Waals surface area contributed by atoms with Crippen molar-refractivity contribution < 1.29 is 19.0 Å². The molecular weight excluding hydrogens is 344 g/mol. The van der Waals surface area contributed by atoms with Crippen LogP contribution < -0.4 is 14.4 Å². The normalized spacial score (nSPS) is 19.6. The molecular formula is C21H24N2O4. The first-order chi connectivity index (χ1) is 13.2. The maximum atomic E-state index is 12.0. The zero-order valence-electron chi connectivity index (χ0n) is 15.5. The Hall–Kier alpha value is -2.73. The summed E-state index contributed by atoms with van der Waals surface area (Å²) in [7, 11) is 1.42. The number of hydrogen-bond donors (Lipinski definition) is 0. The Labute approximate surface area is 159 Å². The summed E-state index contributed by atoms with van der Waals surface area (Å²) < 4.78 is 16.8. The summed E-state index contributed by atoms with van der Waals surface area (Å²) in [5, 5.41) is 0. The number of methoxy groups -OCH3 is 1. The highest BCUT2D eigenvalue weighted by atomic mass is 16.6. The van der Waals surface area contributed by atoms with Gasteiger partial charge in [-0.2, -0.15) is 0 Å². The molecule has 27 heavy (non-hydrogen) atoms.